The number of methoxy groups -OCH3 is 1. The maximum absolute atomic E-state index is 12.1. The van der Waals surface area contributed by atoms with Crippen LogP contribution in [-0.4, -0.2) is 18.1 Å². The minimum Gasteiger partial charge on any atom is -0.495 e. The first kappa shape index (κ1) is 17.8. The predicted molar refractivity (Wildman–Crippen MR) is 98.2 cm³/mol. The van der Waals surface area contributed by atoms with Crippen molar-refractivity contribution < 1.29 is 9.53 Å². The molecular weight excluding hydrogens is 379 g/mol. The van der Waals surface area contributed by atoms with E-state index in [1.165, 1.54) is 13.2 Å². The molecule has 0 saturated heterocycles. The highest BCUT2D eigenvalue weighted by Gasteiger charge is 2.11. The van der Waals surface area contributed by atoms with E-state index in [-0.39, 0.29) is 5.11 Å². The Morgan fingerprint density at radius 1 is 1.04 bits per heavy atom. The van der Waals surface area contributed by atoms with Crippen LogP contribution in [0.5, 0.6) is 5.75 Å². The summed E-state index contributed by atoms with van der Waals surface area (Å²) in [7, 11) is 1.50. The molecule has 2 aromatic carbocycles. The van der Waals surface area contributed by atoms with Gasteiger partial charge in [0, 0.05) is 11.3 Å². The lowest BCUT2D eigenvalue weighted by Crippen LogP contribution is -2.34. The summed E-state index contributed by atoms with van der Waals surface area (Å²) in [6.07, 6.45) is 0. The molecular formula is C15H11Cl3N2O2S. The molecule has 0 heterocycles. The lowest BCUT2D eigenvalue weighted by molar-refractivity contribution is 0.0977. The topological polar surface area (TPSA) is 50.4 Å². The molecule has 0 bridgehead atoms. The monoisotopic (exact) mass is 388 g/mol. The third-order valence-electron chi connectivity index (χ3n) is 2.82. The molecule has 120 valence electrons. The van der Waals surface area contributed by atoms with E-state index in [2.05, 4.69) is 10.6 Å². The van der Waals surface area contributed by atoms with E-state index < -0.39 is 5.91 Å². The van der Waals surface area contributed by atoms with Crippen molar-refractivity contribution in [2.75, 3.05) is 12.4 Å². The molecule has 0 aliphatic heterocycles. The van der Waals surface area contributed by atoms with Crippen molar-refractivity contribution in [1.82, 2.24) is 5.32 Å². The molecule has 2 aromatic rings. The van der Waals surface area contributed by atoms with Gasteiger partial charge in [-0.05, 0) is 48.6 Å². The van der Waals surface area contributed by atoms with Crippen LogP contribution in [-0.2, 0) is 0 Å². The summed E-state index contributed by atoms with van der Waals surface area (Å²) in [6.45, 7) is 0. The van der Waals surface area contributed by atoms with Crippen LogP contribution in [0.25, 0.3) is 0 Å². The first-order valence-electron chi connectivity index (χ1n) is 6.31. The molecule has 0 saturated carbocycles. The molecule has 0 unspecified atom stereocenters. The second-order valence-corrected chi connectivity index (χ2v) is 6.02. The summed E-state index contributed by atoms with van der Waals surface area (Å²) in [5.41, 5.74) is 0.964. The zero-order chi connectivity index (χ0) is 17.0. The Labute approximate surface area is 153 Å². The Hall–Kier alpha value is -1.53. The van der Waals surface area contributed by atoms with Crippen LogP contribution in [0.3, 0.4) is 0 Å². The lowest BCUT2D eigenvalue weighted by atomic mass is 10.2. The molecule has 2 N–H and O–H groups in total. The normalized spacial score (nSPS) is 10.1. The van der Waals surface area contributed by atoms with E-state index in [1.54, 1.807) is 30.3 Å². The second-order valence-electron chi connectivity index (χ2n) is 4.39. The zero-order valence-corrected chi connectivity index (χ0v) is 14.9. The molecule has 2 rings (SSSR count). The summed E-state index contributed by atoms with van der Waals surface area (Å²) in [5.74, 6) is 0.0897. The van der Waals surface area contributed by atoms with Crippen molar-refractivity contribution in [3.63, 3.8) is 0 Å². The maximum Gasteiger partial charge on any atom is 0.257 e. The fraction of sp³-hybridized carbons (Fsp3) is 0.0667. The molecule has 23 heavy (non-hydrogen) atoms. The van der Waals surface area contributed by atoms with Crippen LogP contribution >= 0.6 is 47.0 Å². The molecule has 0 aliphatic rings. The summed E-state index contributed by atoms with van der Waals surface area (Å²) in [4.78, 5) is 12.1. The average molecular weight is 390 g/mol. The lowest BCUT2D eigenvalue weighted by Gasteiger charge is -2.11. The SMILES string of the molecule is COc1ccc(C(=O)NC(=S)Nc2ccc(Cl)c(Cl)c2)cc1Cl. The first-order valence-corrected chi connectivity index (χ1v) is 7.86. The molecule has 8 heteroatoms. The number of nitrogens with one attached hydrogen (secondary N) is 2. The Morgan fingerprint density at radius 2 is 1.78 bits per heavy atom. The van der Waals surface area contributed by atoms with E-state index in [4.69, 9.17) is 51.8 Å². The number of thiocarbonyl (C=S) groups is 1. The van der Waals surface area contributed by atoms with Gasteiger partial charge in [-0.15, -0.1) is 0 Å². The van der Waals surface area contributed by atoms with Gasteiger partial charge in [-0.3, -0.25) is 10.1 Å². The van der Waals surface area contributed by atoms with E-state index >= 15 is 0 Å². The number of hydrogen-bond acceptors (Lipinski definition) is 3. The number of carbonyl (C=O) groups excluding carboxylic acids is 1. The summed E-state index contributed by atoms with van der Waals surface area (Å²) < 4.78 is 5.04. The van der Waals surface area contributed by atoms with E-state index in [0.717, 1.165) is 0 Å². The van der Waals surface area contributed by atoms with Gasteiger partial charge in [-0.1, -0.05) is 34.8 Å². The van der Waals surface area contributed by atoms with E-state index in [1.807, 2.05) is 0 Å². The summed E-state index contributed by atoms with van der Waals surface area (Å²) in [6, 6.07) is 9.61. The zero-order valence-electron chi connectivity index (χ0n) is 11.8. The van der Waals surface area contributed by atoms with E-state index in [9.17, 15) is 4.79 Å². The minimum absolute atomic E-state index is 0.125. The number of benzene rings is 2. The molecule has 0 spiro atoms. The van der Waals surface area contributed by atoms with Gasteiger partial charge < -0.3 is 10.1 Å². The molecule has 0 radical (unpaired) electrons. The highest BCUT2D eigenvalue weighted by molar-refractivity contribution is 7.80. The standard InChI is InChI=1S/C15H11Cl3N2O2S/c1-22-13-5-2-8(6-12(13)18)14(21)20-15(23)19-9-3-4-10(16)11(17)7-9/h2-7H,1H3,(H2,19,20,21,23). The molecule has 0 aromatic heterocycles. The Kier molecular flexibility index (Phi) is 6.07. The second kappa shape index (κ2) is 7.84. The molecule has 0 aliphatic carbocycles. The molecule has 0 fully saturated rings. The number of halogens is 3. The van der Waals surface area contributed by atoms with Crippen molar-refractivity contribution in [2.24, 2.45) is 0 Å². The minimum atomic E-state index is -0.396. The fourth-order valence-electron chi connectivity index (χ4n) is 1.72. The van der Waals surface area contributed by atoms with Crippen molar-refractivity contribution in [3.8, 4) is 5.75 Å². The number of rotatable bonds is 3. The smallest absolute Gasteiger partial charge is 0.257 e. The van der Waals surface area contributed by atoms with Gasteiger partial charge in [0.2, 0.25) is 0 Å². The Balaban J connectivity index is 2.03. The van der Waals surface area contributed by atoms with Gasteiger partial charge in [0.15, 0.2) is 5.11 Å². The highest BCUT2D eigenvalue weighted by atomic mass is 35.5. The number of carbonyl (C=O) groups is 1. The third kappa shape index (κ3) is 4.72. The Morgan fingerprint density at radius 3 is 2.39 bits per heavy atom. The first-order chi connectivity index (χ1) is 10.9. The van der Waals surface area contributed by atoms with Crippen molar-refractivity contribution in [3.05, 3.63) is 57.0 Å². The summed E-state index contributed by atoms with van der Waals surface area (Å²) in [5, 5.41) is 6.67. The van der Waals surface area contributed by atoms with Gasteiger partial charge in [0.1, 0.15) is 5.75 Å². The van der Waals surface area contributed by atoms with Crippen LogP contribution in [0, 0.1) is 0 Å². The quantitative estimate of drug-likeness (QED) is 0.742. The van der Waals surface area contributed by atoms with Crippen molar-refractivity contribution in [1.29, 1.82) is 0 Å². The fourth-order valence-corrected chi connectivity index (χ4v) is 2.49. The molecule has 0 atom stereocenters. The number of anilines is 1. The molecule has 1 amide bonds. The third-order valence-corrected chi connectivity index (χ3v) is 4.06. The molecule has 4 nitrogen and oxygen atoms in total. The van der Waals surface area contributed by atoms with Crippen molar-refractivity contribution >= 4 is 63.7 Å². The van der Waals surface area contributed by atoms with Crippen LogP contribution in [0.15, 0.2) is 36.4 Å². The highest BCUT2D eigenvalue weighted by Crippen LogP contribution is 2.26. The maximum atomic E-state index is 12.1. The average Bonchev–Trinajstić information content (AvgIpc) is 2.50. The van der Waals surface area contributed by atoms with Crippen LogP contribution < -0.4 is 15.4 Å². The van der Waals surface area contributed by atoms with Gasteiger partial charge >= 0.3 is 0 Å². The number of hydrogen-bond donors (Lipinski definition) is 2. The summed E-state index contributed by atoms with van der Waals surface area (Å²) >= 11 is 22.8. The van der Waals surface area contributed by atoms with Crippen LogP contribution in [0.1, 0.15) is 10.4 Å². The van der Waals surface area contributed by atoms with Gasteiger partial charge in [-0.2, -0.15) is 0 Å². The number of amides is 1. The largest absolute Gasteiger partial charge is 0.495 e. The number of ether oxygens (including phenoxy) is 1. The predicted octanol–water partition coefficient (Wildman–Crippen LogP) is 4.78. The Bertz CT molecular complexity index is 768. The van der Waals surface area contributed by atoms with E-state index in [0.29, 0.717) is 32.1 Å². The van der Waals surface area contributed by atoms with Gasteiger partial charge in [0.05, 0.1) is 22.2 Å². The van der Waals surface area contributed by atoms with Crippen molar-refractivity contribution in [2.45, 2.75) is 0 Å². The van der Waals surface area contributed by atoms with Gasteiger partial charge in [0.25, 0.3) is 5.91 Å². The van der Waals surface area contributed by atoms with Crippen LogP contribution in [0.4, 0.5) is 5.69 Å². The van der Waals surface area contributed by atoms with Crippen LogP contribution in [0.2, 0.25) is 15.1 Å². The van der Waals surface area contributed by atoms with Gasteiger partial charge in [-0.25, -0.2) is 0 Å².